The maximum absolute atomic E-state index is 12.2. The van der Waals surface area contributed by atoms with E-state index in [0.29, 0.717) is 33.4 Å². The van der Waals surface area contributed by atoms with E-state index in [4.69, 9.17) is 23.2 Å². The van der Waals surface area contributed by atoms with Crippen LogP contribution in [0.1, 0.15) is 36.5 Å². The minimum atomic E-state index is -0.266. The number of hydrogen-bond acceptors (Lipinski definition) is 2. The van der Waals surface area contributed by atoms with E-state index < -0.39 is 0 Å². The number of unbranched alkanes of at least 4 members (excludes halogenated alkanes) is 1. The SMILES string of the molecule is CCCCC(=O)Nc1ccc(C(=O)Nc2ccc(Cl)c(Cl)c2)cc1. The van der Waals surface area contributed by atoms with Gasteiger partial charge in [-0.2, -0.15) is 0 Å². The number of rotatable bonds is 6. The molecule has 0 unspecified atom stereocenters. The standard InChI is InChI=1S/C18H18Cl2N2O2/c1-2-3-4-17(23)21-13-7-5-12(6-8-13)18(24)22-14-9-10-15(19)16(20)11-14/h5-11H,2-4H2,1H3,(H,21,23)(H,22,24). The van der Waals surface area contributed by atoms with Crippen LogP contribution in [0.2, 0.25) is 10.0 Å². The Morgan fingerprint density at radius 2 is 1.58 bits per heavy atom. The maximum Gasteiger partial charge on any atom is 0.255 e. The fraction of sp³-hybridized carbons (Fsp3) is 0.222. The molecular weight excluding hydrogens is 347 g/mol. The zero-order chi connectivity index (χ0) is 17.5. The lowest BCUT2D eigenvalue weighted by atomic mass is 10.1. The first kappa shape index (κ1) is 18.3. The third-order valence-corrected chi connectivity index (χ3v) is 4.10. The van der Waals surface area contributed by atoms with Crippen molar-refractivity contribution in [1.82, 2.24) is 0 Å². The van der Waals surface area contributed by atoms with Crippen LogP contribution in [-0.4, -0.2) is 11.8 Å². The molecule has 4 nitrogen and oxygen atoms in total. The Bertz CT molecular complexity index is 730. The van der Waals surface area contributed by atoms with Gasteiger partial charge in [-0.15, -0.1) is 0 Å². The van der Waals surface area contributed by atoms with Crippen molar-refractivity contribution in [3.05, 3.63) is 58.1 Å². The van der Waals surface area contributed by atoms with Crippen LogP contribution in [0.15, 0.2) is 42.5 Å². The predicted octanol–water partition coefficient (Wildman–Crippen LogP) is 5.37. The van der Waals surface area contributed by atoms with Crippen molar-refractivity contribution in [3.63, 3.8) is 0 Å². The summed E-state index contributed by atoms with van der Waals surface area (Å²) in [6.07, 6.45) is 2.33. The summed E-state index contributed by atoms with van der Waals surface area (Å²) in [7, 11) is 0. The number of carbonyl (C=O) groups is 2. The predicted molar refractivity (Wildman–Crippen MR) is 99.0 cm³/mol. The van der Waals surface area contributed by atoms with Crippen LogP contribution < -0.4 is 10.6 Å². The van der Waals surface area contributed by atoms with Gasteiger partial charge in [0.05, 0.1) is 10.0 Å². The first-order valence-corrected chi connectivity index (χ1v) is 8.41. The van der Waals surface area contributed by atoms with Gasteiger partial charge in [-0.05, 0) is 48.9 Å². The molecular formula is C18H18Cl2N2O2. The summed E-state index contributed by atoms with van der Waals surface area (Å²) in [4.78, 5) is 23.9. The lowest BCUT2D eigenvalue weighted by molar-refractivity contribution is -0.116. The minimum absolute atomic E-state index is 0.0233. The summed E-state index contributed by atoms with van der Waals surface area (Å²) in [5.74, 6) is -0.290. The second kappa shape index (κ2) is 8.71. The molecule has 0 bridgehead atoms. The van der Waals surface area contributed by atoms with Gasteiger partial charge in [0.2, 0.25) is 5.91 Å². The van der Waals surface area contributed by atoms with Crippen molar-refractivity contribution in [1.29, 1.82) is 0 Å². The topological polar surface area (TPSA) is 58.2 Å². The lowest BCUT2D eigenvalue weighted by Gasteiger charge is -2.08. The van der Waals surface area contributed by atoms with Crippen molar-refractivity contribution in [3.8, 4) is 0 Å². The molecule has 0 aliphatic carbocycles. The van der Waals surface area contributed by atoms with Crippen LogP contribution in [0, 0.1) is 0 Å². The normalized spacial score (nSPS) is 10.3. The van der Waals surface area contributed by atoms with Crippen LogP contribution in [0.5, 0.6) is 0 Å². The van der Waals surface area contributed by atoms with E-state index in [0.717, 1.165) is 12.8 Å². The summed E-state index contributed by atoms with van der Waals surface area (Å²) >= 11 is 11.8. The number of nitrogens with one attached hydrogen (secondary N) is 2. The van der Waals surface area contributed by atoms with E-state index in [2.05, 4.69) is 10.6 Å². The minimum Gasteiger partial charge on any atom is -0.326 e. The van der Waals surface area contributed by atoms with Crippen LogP contribution in [0.25, 0.3) is 0 Å². The third kappa shape index (κ3) is 5.25. The largest absolute Gasteiger partial charge is 0.326 e. The number of amides is 2. The number of carbonyl (C=O) groups excluding carboxylic acids is 2. The maximum atomic E-state index is 12.2. The molecule has 2 rings (SSSR count). The second-order valence-corrected chi connectivity index (χ2v) is 6.13. The second-order valence-electron chi connectivity index (χ2n) is 5.31. The number of hydrogen-bond donors (Lipinski definition) is 2. The van der Waals surface area contributed by atoms with Gasteiger partial charge in [-0.3, -0.25) is 9.59 Å². The highest BCUT2D eigenvalue weighted by Gasteiger charge is 2.08. The van der Waals surface area contributed by atoms with E-state index in [1.165, 1.54) is 0 Å². The van der Waals surface area contributed by atoms with E-state index in [1.54, 1.807) is 42.5 Å². The van der Waals surface area contributed by atoms with Gasteiger partial charge in [0.1, 0.15) is 0 Å². The highest BCUT2D eigenvalue weighted by atomic mass is 35.5. The molecule has 126 valence electrons. The monoisotopic (exact) mass is 364 g/mol. The van der Waals surface area contributed by atoms with Gasteiger partial charge >= 0.3 is 0 Å². The smallest absolute Gasteiger partial charge is 0.255 e. The summed E-state index contributed by atoms with van der Waals surface area (Å²) in [5.41, 5.74) is 1.71. The average molecular weight is 365 g/mol. The molecule has 6 heteroatoms. The summed E-state index contributed by atoms with van der Waals surface area (Å²) in [6, 6.07) is 11.6. The Kier molecular flexibility index (Phi) is 6.64. The Morgan fingerprint density at radius 1 is 0.917 bits per heavy atom. The van der Waals surface area contributed by atoms with Gasteiger partial charge < -0.3 is 10.6 Å². The van der Waals surface area contributed by atoms with E-state index in [-0.39, 0.29) is 11.8 Å². The Morgan fingerprint density at radius 3 is 2.21 bits per heavy atom. The molecule has 0 fully saturated rings. The Balaban J connectivity index is 1.98. The van der Waals surface area contributed by atoms with Crippen LogP contribution >= 0.6 is 23.2 Å². The molecule has 2 N–H and O–H groups in total. The molecule has 0 aliphatic heterocycles. The van der Waals surface area contributed by atoms with E-state index >= 15 is 0 Å². The quantitative estimate of drug-likeness (QED) is 0.723. The molecule has 0 atom stereocenters. The third-order valence-electron chi connectivity index (χ3n) is 3.37. The van der Waals surface area contributed by atoms with Crippen molar-refractivity contribution < 1.29 is 9.59 Å². The zero-order valence-electron chi connectivity index (χ0n) is 13.2. The van der Waals surface area contributed by atoms with Gasteiger partial charge in [0, 0.05) is 23.4 Å². The summed E-state index contributed by atoms with van der Waals surface area (Å²) < 4.78 is 0. The van der Waals surface area contributed by atoms with Gasteiger partial charge in [-0.1, -0.05) is 36.5 Å². The number of benzene rings is 2. The Labute approximate surface area is 151 Å². The molecule has 0 aromatic heterocycles. The fourth-order valence-electron chi connectivity index (χ4n) is 2.04. The Hall–Kier alpha value is -2.04. The molecule has 0 spiro atoms. The molecule has 0 aliphatic rings. The molecule has 0 saturated carbocycles. The highest BCUT2D eigenvalue weighted by Crippen LogP contribution is 2.25. The van der Waals surface area contributed by atoms with E-state index in [1.807, 2.05) is 6.92 Å². The zero-order valence-corrected chi connectivity index (χ0v) is 14.7. The van der Waals surface area contributed by atoms with Gasteiger partial charge in [-0.25, -0.2) is 0 Å². The fourth-order valence-corrected chi connectivity index (χ4v) is 2.34. The molecule has 0 heterocycles. The van der Waals surface area contributed by atoms with Gasteiger partial charge in [0.15, 0.2) is 0 Å². The van der Waals surface area contributed by atoms with E-state index in [9.17, 15) is 9.59 Å². The van der Waals surface area contributed by atoms with Crippen LogP contribution in [0.3, 0.4) is 0 Å². The molecule has 0 saturated heterocycles. The summed E-state index contributed by atoms with van der Waals surface area (Å²) in [6.45, 7) is 2.04. The molecule has 0 radical (unpaired) electrons. The molecule has 2 amide bonds. The van der Waals surface area contributed by atoms with Crippen molar-refractivity contribution in [2.24, 2.45) is 0 Å². The molecule has 24 heavy (non-hydrogen) atoms. The highest BCUT2D eigenvalue weighted by molar-refractivity contribution is 6.42. The number of anilines is 2. The van der Waals surface area contributed by atoms with Crippen molar-refractivity contribution in [2.75, 3.05) is 10.6 Å². The van der Waals surface area contributed by atoms with Crippen LogP contribution in [-0.2, 0) is 4.79 Å². The lowest BCUT2D eigenvalue weighted by Crippen LogP contribution is -2.13. The van der Waals surface area contributed by atoms with Crippen molar-refractivity contribution >= 4 is 46.4 Å². The first-order chi connectivity index (χ1) is 11.5. The van der Waals surface area contributed by atoms with Gasteiger partial charge in [0.25, 0.3) is 5.91 Å². The molecule has 2 aromatic carbocycles. The van der Waals surface area contributed by atoms with Crippen LogP contribution in [0.4, 0.5) is 11.4 Å². The van der Waals surface area contributed by atoms with Crippen molar-refractivity contribution in [2.45, 2.75) is 26.2 Å². The molecule has 2 aromatic rings. The first-order valence-electron chi connectivity index (χ1n) is 7.66. The average Bonchev–Trinajstić information content (AvgIpc) is 2.57. The number of halogens is 2. The summed E-state index contributed by atoms with van der Waals surface area (Å²) in [5, 5.41) is 6.35.